The molecule has 0 fully saturated rings. The molecule has 0 heterocycles. The molecule has 0 saturated carbocycles. The lowest BCUT2D eigenvalue weighted by Crippen LogP contribution is -2.22. The first-order chi connectivity index (χ1) is 15.6. The Hall–Kier alpha value is -3.16. The lowest BCUT2D eigenvalue weighted by Gasteiger charge is -2.29. The summed E-state index contributed by atoms with van der Waals surface area (Å²) in [6.07, 6.45) is 1.11. The summed E-state index contributed by atoms with van der Waals surface area (Å²) in [6, 6.07) is 42.6. The molecule has 32 heavy (non-hydrogen) atoms. The highest BCUT2D eigenvalue weighted by molar-refractivity contribution is 5.37. The van der Waals surface area contributed by atoms with E-state index in [-0.39, 0.29) is 5.41 Å². The molecule has 0 atom stereocenters. The van der Waals surface area contributed by atoms with E-state index in [9.17, 15) is 0 Å². The van der Waals surface area contributed by atoms with Gasteiger partial charge in [-0.15, -0.1) is 0 Å². The van der Waals surface area contributed by atoms with Gasteiger partial charge in [0, 0.05) is 18.5 Å². The van der Waals surface area contributed by atoms with E-state index in [4.69, 9.17) is 0 Å². The SMILES string of the molecule is CCC(C)(c1ccccc1)c1ccccc1.CN(Cc1ccccc1)Cc1ccccc1. The number of benzene rings is 4. The van der Waals surface area contributed by atoms with Crippen LogP contribution in [0.4, 0.5) is 0 Å². The maximum atomic E-state index is 2.32. The van der Waals surface area contributed by atoms with Gasteiger partial charge in [-0.25, -0.2) is 0 Å². The van der Waals surface area contributed by atoms with Gasteiger partial charge in [0.05, 0.1) is 0 Å². The summed E-state index contributed by atoms with van der Waals surface area (Å²) in [5.74, 6) is 0. The predicted octanol–water partition coefficient (Wildman–Crippen LogP) is 7.72. The molecule has 0 radical (unpaired) electrons. The lowest BCUT2D eigenvalue weighted by molar-refractivity contribution is 0.319. The van der Waals surface area contributed by atoms with Crippen LogP contribution in [0, 0.1) is 0 Å². The van der Waals surface area contributed by atoms with Gasteiger partial charge in [-0.05, 0) is 35.7 Å². The lowest BCUT2D eigenvalue weighted by atomic mass is 9.74. The zero-order chi connectivity index (χ0) is 22.7. The number of hydrogen-bond donors (Lipinski definition) is 0. The highest BCUT2D eigenvalue weighted by Gasteiger charge is 2.25. The van der Waals surface area contributed by atoms with Crippen LogP contribution in [0.15, 0.2) is 121 Å². The van der Waals surface area contributed by atoms with E-state index >= 15 is 0 Å². The van der Waals surface area contributed by atoms with Crippen LogP contribution < -0.4 is 0 Å². The third-order valence-electron chi connectivity index (χ3n) is 6.12. The van der Waals surface area contributed by atoms with Crippen molar-refractivity contribution in [1.29, 1.82) is 0 Å². The second-order valence-corrected chi connectivity index (χ2v) is 8.56. The molecule has 0 bridgehead atoms. The van der Waals surface area contributed by atoms with E-state index < -0.39 is 0 Å². The Morgan fingerprint density at radius 2 is 0.844 bits per heavy atom. The molecule has 4 aromatic rings. The van der Waals surface area contributed by atoms with Gasteiger partial charge in [-0.3, -0.25) is 4.90 Å². The van der Waals surface area contributed by atoms with Gasteiger partial charge in [-0.2, -0.15) is 0 Å². The van der Waals surface area contributed by atoms with Crippen LogP contribution in [-0.2, 0) is 18.5 Å². The van der Waals surface area contributed by atoms with Gasteiger partial charge in [0.25, 0.3) is 0 Å². The van der Waals surface area contributed by atoms with Crippen molar-refractivity contribution in [2.24, 2.45) is 0 Å². The van der Waals surface area contributed by atoms with E-state index in [2.05, 4.69) is 147 Å². The summed E-state index contributed by atoms with van der Waals surface area (Å²) in [4.78, 5) is 2.32. The molecule has 0 unspecified atom stereocenters. The highest BCUT2D eigenvalue weighted by Crippen LogP contribution is 2.34. The third-order valence-corrected chi connectivity index (χ3v) is 6.12. The molecule has 0 amide bonds. The van der Waals surface area contributed by atoms with Crippen molar-refractivity contribution in [3.8, 4) is 0 Å². The first-order valence-corrected chi connectivity index (χ1v) is 11.5. The molecule has 0 spiro atoms. The smallest absolute Gasteiger partial charge is 0.0234 e. The van der Waals surface area contributed by atoms with Crippen molar-refractivity contribution in [1.82, 2.24) is 4.90 Å². The Bertz CT molecular complexity index is 930. The van der Waals surface area contributed by atoms with Gasteiger partial charge in [0.2, 0.25) is 0 Å². The summed E-state index contributed by atoms with van der Waals surface area (Å²) < 4.78 is 0. The van der Waals surface area contributed by atoms with Crippen molar-refractivity contribution in [3.63, 3.8) is 0 Å². The van der Waals surface area contributed by atoms with Gasteiger partial charge in [0.1, 0.15) is 0 Å². The van der Waals surface area contributed by atoms with Gasteiger partial charge in [-0.1, -0.05) is 135 Å². The monoisotopic (exact) mass is 421 g/mol. The second kappa shape index (κ2) is 12.0. The minimum Gasteiger partial charge on any atom is -0.298 e. The average molecular weight is 422 g/mol. The van der Waals surface area contributed by atoms with E-state index in [1.54, 1.807) is 0 Å². The fourth-order valence-electron chi connectivity index (χ4n) is 4.03. The highest BCUT2D eigenvalue weighted by atomic mass is 15.1. The van der Waals surface area contributed by atoms with Gasteiger partial charge >= 0.3 is 0 Å². The molecule has 1 nitrogen and oxygen atoms in total. The summed E-state index contributed by atoms with van der Waals surface area (Å²) in [7, 11) is 2.15. The van der Waals surface area contributed by atoms with Crippen molar-refractivity contribution in [3.05, 3.63) is 144 Å². The maximum Gasteiger partial charge on any atom is 0.0234 e. The second-order valence-electron chi connectivity index (χ2n) is 8.56. The van der Waals surface area contributed by atoms with Gasteiger partial charge < -0.3 is 0 Å². The zero-order valence-corrected chi connectivity index (χ0v) is 19.6. The molecule has 1 heteroatoms. The average Bonchev–Trinajstić information content (AvgIpc) is 2.86. The molecule has 4 rings (SSSR count). The fraction of sp³-hybridized carbons (Fsp3) is 0.226. The Labute approximate surface area is 194 Å². The molecule has 0 N–H and O–H groups in total. The third kappa shape index (κ3) is 6.67. The van der Waals surface area contributed by atoms with Crippen LogP contribution in [-0.4, -0.2) is 11.9 Å². The summed E-state index contributed by atoms with van der Waals surface area (Å²) >= 11 is 0. The molecule has 4 aromatic carbocycles. The van der Waals surface area contributed by atoms with Crippen molar-refractivity contribution in [2.45, 2.75) is 38.8 Å². The zero-order valence-electron chi connectivity index (χ0n) is 19.6. The molecule has 0 aromatic heterocycles. The predicted molar refractivity (Wildman–Crippen MR) is 138 cm³/mol. The number of hydrogen-bond acceptors (Lipinski definition) is 1. The Balaban J connectivity index is 0.000000181. The first-order valence-electron chi connectivity index (χ1n) is 11.5. The first kappa shape index (κ1) is 23.5. The van der Waals surface area contributed by atoms with E-state index in [1.165, 1.54) is 22.3 Å². The van der Waals surface area contributed by atoms with Crippen LogP contribution in [0.5, 0.6) is 0 Å². The minimum absolute atomic E-state index is 0.127. The summed E-state index contributed by atoms with van der Waals surface area (Å²) in [5, 5.41) is 0. The standard InChI is InChI=1S/C16H18.C15H17N/c1-3-16(2,14-10-6-4-7-11-14)15-12-8-5-9-13-15;1-16(12-14-8-4-2-5-9-14)13-15-10-6-3-7-11-15/h4-13H,3H2,1-2H3;2-11H,12-13H2,1H3. The Kier molecular flexibility index (Phi) is 8.83. The minimum atomic E-state index is 0.127. The number of rotatable bonds is 7. The van der Waals surface area contributed by atoms with Crippen LogP contribution in [0.2, 0.25) is 0 Å². The van der Waals surface area contributed by atoms with E-state index in [0.29, 0.717) is 0 Å². The van der Waals surface area contributed by atoms with Crippen LogP contribution in [0.25, 0.3) is 0 Å². The van der Waals surface area contributed by atoms with Crippen LogP contribution in [0.1, 0.15) is 42.5 Å². The fourth-order valence-corrected chi connectivity index (χ4v) is 4.03. The molecule has 0 saturated heterocycles. The Morgan fingerprint density at radius 1 is 0.531 bits per heavy atom. The maximum absolute atomic E-state index is 2.32. The van der Waals surface area contributed by atoms with E-state index in [0.717, 1.165) is 19.5 Å². The van der Waals surface area contributed by atoms with Crippen LogP contribution in [0.3, 0.4) is 0 Å². The topological polar surface area (TPSA) is 3.24 Å². The van der Waals surface area contributed by atoms with Crippen molar-refractivity contribution in [2.75, 3.05) is 7.05 Å². The quantitative estimate of drug-likeness (QED) is 0.295. The number of nitrogens with zero attached hydrogens (tertiary/aromatic N) is 1. The molecular weight excluding hydrogens is 386 g/mol. The molecule has 0 aliphatic rings. The normalized spacial score (nSPS) is 11.0. The molecule has 0 aliphatic carbocycles. The molecule has 0 aliphatic heterocycles. The molecule has 164 valence electrons. The van der Waals surface area contributed by atoms with E-state index in [1.807, 2.05) is 0 Å². The van der Waals surface area contributed by atoms with Crippen molar-refractivity contribution < 1.29 is 0 Å². The largest absolute Gasteiger partial charge is 0.298 e. The van der Waals surface area contributed by atoms with Crippen LogP contribution >= 0.6 is 0 Å². The summed E-state index contributed by atoms with van der Waals surface area (Å²) in [6.45, 7) is 6.56. The van der Waals surface area contributed by atoms with Crippen molar-refractivity contribution >= 4 is 0 Å². The molecular formula is C31H35N. The van der Waals surface area contributed by atoms with Gasteiger partial charge in [0.15, 0.2) is 0 Å². The Morgan fingerprint density at radius 3 is 1.16 bits per heavy atom. The summed E-state index contributed by atoms with van der Waals surface area (Å²) in [5.41, 5.74) is 5.64.